The van der Waals surface area contributed by atoms with Gasteiger partial charge in [0.05, 0.1) is 29.5 Å². The van der Waals surface area contributed by atoms with Crippen LogP contribution in [0.25, 0.3) is 0 Å². The van der Waals surface area contributed by atoms with Crippen LogP contribution in [0.15, 0.2) is 30.3 Å². The zero-order valence-corrected chi connectivity index (χ0v) is 21.7. The molecule has 0 aromatic heterocycles. The number of carboxylic acids is 1. The summed E-state index contributed by atoms with van der Waals surface area (Å²) in [7, 11) is 0. The minimum absolute atomic E-state index is 0.0629. The molecule has 0 bridgehead atoms. The highest BCUT2D eigenvalue weighted by atomic mass is 35.5. The minimum Gasteiger partial charge on any atom is -0.490 e. The SMILES string of the molecule is O=C(O)COc1cc(Cl)c(OCCO)cc1N1CC(N2CCC3(CC2)Cc2cc(Cl)ccc2O3)[C@H](O)C1. The van der Waals surface area contributed by atoms with E-state index < -0.39 is 18.7 Å². The van der Waals surface area contributed by atoms with E-state index in [1.165, 1.54) is 6.07 Å². The van der Waals surface area contributed by atoms with E-state index in [2.05, 4.69) is 4.90 Å². The summed E-state index contributed by atoms with van der Waals surface area (Å²) in [6.45, 7) is 1.80. The second kappa shape index (κ2) is 10.7. The number of carbonyl (C=O) groups is 1. The topological polar surface area (TPSA) is 112 Å². The van der Waals surface area contributed by atoms with Gasteiger partial charge >= 0.3 is 5.97 Å². The van der Waals surface area contributed by atoms with Gasteiger partial charge in [0.1, 0.15) is 29.5 Å². The average molecular weight is 553 g/mol. The maximum absolute atomic E-state index is 11.1. The van der Waals surface area contributed by atoms with Gasteiger partial charge in [-0.15, -0.1) is 0 Å². The van der Waals surface area contributed by atoms with Gasteiger partial charge in [0.15, 0.2) is 6.61 Å². The first kappa shape index (κ1) is 26.2. The molecule has 2 aromatic rings. The largest absolute Gasteiger partial charge is 0.490 e. The molecule has 3 heterocycles. The van der Waals surface area contributed by atoms with Crippen molar-refractivity contribution in [1.82, 2.24) is 4.90 Å². The van der Waals surface area contributed by atoms with E-state index >= 15 is 0 Å². The Labute approximate surface area is 225 Å². The molecular formula is C26H30Cl2N2O7. The molecule has 5 rings (SSSR count). The van der Waals surface area contributed by atoms with E-state index in [1.807, 2.05) is 23.1 Å². The van der Waals surface area contributed by atoms with Gasteiger partial charge in [-0.2, -0.15) is 0 Å². The lowest BCUT2D eigenvalue weighted by Crippen LogP contribution is -2.53. The van der Waals surface area contributed by atoms with Crippen molar-refractivity contribution < 1.29 is 34.3 Å². The lowest BCUT2D eigenvalue weighted by molar-refractivity contribution is -0.139. The van der Waals surface area contributed by atoms with Gasteiger partial charge in [-0.25, -0.2) is 4.79 Å². The summed E-state index contributed by atoms with van der Waals surface area (Å²) in [5.74, 6) is 0.442. The van der Waals surface area contributed by atoms with Crippen LogP contribution in [0.3, 0.4) is 0 Å². The lowest BCUT2D eigenvalue weighted by atomic mass is 9.86. The Bertz CT molecular complexity index is 1160. The van der Waals surface area contributed by atoms with E-state index in [0.717, 1.165) is 43.7 Å². The quantitative estimate of drug-likeness (QED) is 0.455. The number of aliphatic carboxylic acids is 1. The summed E-state index contributed by atoms with van der Waals surface area (Å²) in [6, 6.07) is 8.84. The van der Waals surface area contributed by atoms with Crippen LogP contribution >= 0.6 is 23.2 Å². The molecule has 2 aromatic carbocycles. The van der Waals surface area contributed by atoms with E-state index in [4.69, 9.17) is 47.6 Å². The molecule has 0 amide bonds. The zero-order chi connectivity index (χ0) is 26.2. The Morgan fingerprint density at radius 1 is 1.11 bits per heavy atom. The number of anilines is 1. The normalized spacial score (nSPS) is 22.6. The van der Waals surface area contributed by atoms with Gasteiger partial charge in [-0.1, -0.05) is 23.2 Å². The van der Waals surface area contributed by atoms with Crippen LogP contribution in [-0.2, 0) is 11.2 Å². The fourth-order valence-electron chi connectivity index (χ4n) is 5.56. The van der Waals surface area contributed by atoms with Crippen molar-refractivity contribution in [2.24, 2.45) is 0 Å². The monoisotopic (exact) mass is 552 g/mol. The lowest BCUT2D eigenvalue weighted by Gasteiger charge is -2.41. The number of rotatable bonds is 8. The fraction of sp³-hybridized carbons (Fsp3) is 0.500. The van der Waals surface area contributed by atoms with E-state index in [1.54, 1.807) is 6.07 Å². The molecule has 2 atom stereocenters. The van der Waals surface area contributed by atoms with Crippen LogP contribution in [0.4, 0.5) is 5.69 Å². The van der Waals surface area contributed by atoms with Crippen LogP contribution in [0.2, 0.25) is 10.0 Å². The number of halogens is 2. The fourth-order valence-corrected chi connectivity index (χ4v) is 5.96. The van der Waals surface area contributed by atoms with Crippen molar-refractivity contribution in [3.05, 3.63) is 45.9 Å². The van der Waals surface area contributed by atoms with Gasteiger partial charge in [-0.3, -0.25) is 4.90 Å². The van der Waals surface area contributed by atoms with Crippen molar-refractivity contribution in [2.45, 2.75) is 37.0 Å². The molecule has 2 saturated heterocycles. The number of aliphatic hydroxyl groups is 2. The molecule has 37 heavy (non-hydrogen) atoms. The molecule has 1 unspecified atom stereocenters. The number of hydrogen-bond donors (Lipinski definition) is 3. The highest BCUT2D eigenvalue weighted by Gasteiger charge is 2.45. The van der Waals surface area contributed by atoms with Crippen molar-refractivity contribution in [3.8, 4) is 17.2 Å². The Morgan fingerprint density at radius 3 is 2.62 bits per heavy atom. The second-order valence-corrected chi connectivity index (χ2v) is 10.6. The highest BCUT2D eigenvalue weighted by Crippen LogP contribution is 2.44. The first-order valence-corrected chi connectivity index (χ1v) is 13.1. The predicted molar refractivity (Wildman–Crippen MR) is 138 cm³/mol. The Hall–Kier alpha value is -2.43. The van der Waals surface area contributed by atoms with Gasteiger partial charge in [0.2, 0.25) is 0 Å². The summed E-state index contributed by atoms with van der Waals surface area (Å²) in [5, 5.41) is 30.2. The molecule has 1 spiro atoms. The summed E-state index contributed by atoms with van der Waals surface area (Å²) in [6.07, 6.45) is 1.91. The van der Waals surface area contributed by atoms with Crippen molar-refractivity contribution >= 4 is 34.9 Å². The molecule has 9 nitrogen and oxygen atoms in total. The molecule has 0 aliphatic carbocycles. The molecule has 3 N–H and O–H groups in total. The standard InChI is InChI=1S/C26H30Cl2N2O7/c27-17-1-2-22-16(9-17)12-26(37-22)3-5-29(6-4-26)20-13-30(14-21(20)32)19-11-23(35-8-7-31)18(28)10-24(19)36-15-25(33)34/h1-2,9-11,20-21,31-32H,3-8,12-15H2,(H,33,34)/t20?,21-/m1/s1. The number of fused-ring (bicyclic) bond motifs is 1. The first-order valence-electron chi connectivity index (χ1n) is 12.3. The Kier molecular flexibility index (Phi) is 7.60. The highest BCUT2D eigenvalue weighted by molar-refractivity contribution is 6.32. The van der Waals surface area contributed by atoms with Gasteiger partial charge in [0.25, 0.3) is 0 Å². The van der Waals surface area contributed by atoms with E-state index in [0.29, 0.717) is 35.3 Å². The molecule has 3 aliphatic rings. The van der Waals surface area contributed by atoms with E-state index in [-0.39, 0.29) is 29.9 Å². The van der Waals surface area contributed by atoms with Crippen LogP contribution in [0.5, 0.6) is 17.2 Å². The number of ether oxygens (including phenoxy) is 3. The minimum atomic E-state index is -1.11. The number of nitrogens with zero attached hydrogens (tertiary/aromatic N) is 2. The number of benzene rings is 2. The Balaban J connectivity index is 1.28. The molecule has 3 aliphatic heterocycles. The number of hydrogen-bond acceptors (Lipinski definition) is 8. The number of aliphatic hydroxyl groups excluding tert-OH is 2. The maximum atomic E-state index is 11.1. The number of piperidine rings is 1. The van der Waals surface area contributed by atoms with E-state index in [9.17, 15) is 9.90 Å². The summed E-state index contributed by atoms with van der Waals surface area (Å²) >= 11 is 12.5. The van der Waals surface area contributed by atoms with Crippen molar-refractivity contribution in [2.75, 3.05) is 50.9 Å². The third-order valence-electron chi connectivity index (χ3n) is 7.35. The summed E-state index contributed by atoms with van der Waals surface area (Å²) in [5.41, 5.74) is 1.49. The molecule has 11 heteroatoms. The van der Waals surface area contributed by atoms with Gasteiger partial charge in [-0.05, 0) is 23.8 Å². The third-order valence-corrected chi connectivity index (χ3v) is 7.88. The average Bonchev–Trinajstić information content (AvgIpc) is 3.42. The Morgan fingerprint density at radius 2 is 1.89 bits per heavy atom. The molecular weight excluding hydrogens is 523 g/mol. The predicted octanol–water partition coefficient (Wildman–Crippen LogP) is 2.85. The van der Waals surface area contributed by atoms with Gasteiger partial charge in [0, 0.05) is 62.6 Å². The molecule has 0 radical (unpaired) electrons. The smallest absolute Gasteiger partial charge is 0.341 e. The number of carboxylic acid groups (broad SMARTS) is 1. The summed E-state index contributed by atoms with van der Waals surface area (Å²) < 4.78 is 17.4. The number of β-amino-alcohol motifs (C(OH)–C–C–N with tert-alkyl or cyclic N) is 1. The van der Waals surface area contributed by atoms with Crippen LogP contribution < -0.4 is 19.1 Å². The third kappa shape index (κ3) is 5.56. The number of likely N-dealkylation sites (tertiary alicyclic amines) is 1. The van der Waals surface area contributed by atoms with Gasteiger partial charge < -0.3 is 34.4 Å². The van der Waals surface area contributed by atoms with Crippen molar-refractivity contribution in [1.29, 1.82) is 0 Å². The molecule has 0 saturated carbocycles. The second-order valence-electron chi connectivity index (χ2n) is 9.79. The summed E-state index contributed by atoms with van der Waals surface area (Å²) in [4.78, 5) is 15.4. The van der Waals surface area contributed by atoms with Crippen LogP contribution in [-0.4, -0.2) is 89.9 Å². The molecule has 2 fully saturated rings. The first-order chi connectivity index (χ1) is 17.8. The van der Waals surface area contributed by atoms with Crippen molar-refractivity contribution in [3.63, 3.8) is 0 Å². The zero-order valence-electron chi connectivity index (χ0n) is 20.2. The van der Waals surface area contributed by atoms with Crippen LogP contribution in [0.1, 0.15) is 18.4 Å². The molecule has 200 valence electrons. The maximum Gasteiger partial charge on any atom is 0.341 e. The van der Waals surface area contributed by atoms with Crippen LogP contribution in [0, 0.1) is 0 Å².